The van der Waals surface area contributed by atoms with Gasteiger partial charge in [-0.2, -0.15) is 5.26 Å². The Morgan fingerprint density at radius 2 is 2.39 bits per heavy atom. The summed E-state index contributed by atoms with van der Waals surface area (Å²) >= 11 is 0. The third kappa shape index (κ3) is 3.21. The van der Waals surface area contributed by atoms with Gasteiger partial charge in [0.2, 0.25) is 0 Å². The van der Waals surface area contributed by atoms with Gasteiger partial charge in [0, 0.05) is 18.8 Å². The zero-order chi connectivity index (χ0) is 13.0. The van der Waals surface area contributed by atoms with Gasteiger partial charge >= 0.3 is 0 Å². The maximum Gasteiger partial charge on any atom is 0.127 e. The van der Waals surface area contributed by atoms with E-state index in [4.69, 9.17) is 5.26 Å². The summed E-state index contributed by atoms with van der Waals surface area (Å²) in [6.07, 6.45) is 1.25. The predicted molar refractivity (Wildman–Crippen MR) is 72.4 cm³/mol. The molecule has 0 amide bonds. The molecule has 96 valence electrons. The molecule has 4 nitrogen and oxygen atoms in total. The molecule has 2 heterocycles. The average Bonchev–Trinajstić information content (AvgIpc) is 2.83. The second-order valence-corrected chi connectivity index (χ2v) is 4.92. The Hall–Kier alpha value is -1.60. The van der Waals surface area contributed by atoms with Crippen LogP contribution >= 0.6 is 0 Å². The minimum atomic E-state index is 0.673. The highest BCUT2D eigenvalue weighted by Gasteiger charge is 2.20. The van der Waals surface area contributed by atoms with Crippen molar-refractivity contribution in [3.63, 3.8) is 0 Å². The highest BCUT2D eigenvalue weighted by molar-refractivity contribution is 5.44. The molecule has 0 saturated carbocycles. The van der Waals surface area contributed by atoms with Crippen LogP contribution < -0.4 is 5.32 Å². The number of aryl methyl sites for hydroxylation is 1. The Morgan fingerprint density at radius 1 is 1.56 bits per heavy atom. The van der Waals surface area contributed by atoms with Crippen LogP contribution in [0.1, 0.15) is 24.6 Å². The molecule has 0 spiro atoms. The minimum absolute atomic E-state index is 0.673. The molecular formula is C14H20N4. The van der Waals surface area contributed by atoms with E-state index in [0.29, 0.717) is 11.5 Å². The number of nitrogens with one attached hydrogen (secondary N) is 1. The Labute approximate surface area is 109 Å². The highest BCUT2D eigenvalue weighted by atomic mass is 15.1. The second-order valence-electron chi connectivity index (χ2n) is 4.92. The molecule has 18 heavy (non-hydrogen) atoms. The summed E-state index contributed by atoms with van der Waals surface area (Å²) in [6.45, 7) is 8.57. The number of nitrogens with zero attached hydrogens (tertiary/aromatic N) is 3. The number of pyridine rings is 1. The van der Waals surface area contributed by atoms with Crippen LogP contribution in [0, 0.1) is 24.2 Å². The van der Waals surface area contributed by atoms with Crippen LogP contribution in [0.3, 0.4) is 0 Å². The molecule has 2 rings (SSSR count). The normalized spacial score (nSPS) is 19.7. The lowest BCUT2D eigenvalue weighted by atomic mass is 10.1. The summed E-state index contributed by atoms with van der Waals surface area (Å²) in [6, 6.07) is 5.79. The van der Waals surface area contributed by atoms with Crippen molar-refractivity contribution in [2.45, 2.75) is 20.3 Å². The molecule has 1 aliphatic rings. The quantitative estimate of drug-likeness (QED) is 0.880. The first kappa shape index (κ1) is 12.8. The van der Waals surface area contributed by atoms with Gasteiger partial charge in [-0.3, -0.25) is 0 Å². The molecule has 0 radical (unpaired) electrons. The van der Waals surface area contributed by atoms with Crippen molar-refractivity contribution < 1.29 is 0 Å². The lowest BCUT2D eigenvalue weighted by Gasteiger charge is -2.14. The van der Waals surface area contributed by atoms with Crippen LogP contribution in [0.15, 0.2) is 12.1 Å². The van der Waals surface area contributed by atoms with E-state index in [0.717, 1.165) is 24.6 Å². The molecule has 1 saturated heterocycles. The summed E-state index contributed by atoms with van der Waals surface area (Å²) in [4.78, 5) is 6.88. The van der Waals surface area contributed by atoms with Gasteiger partial charge in [-0.25, -0.2) is 4.98 Å². The van der Waals surface area contributed by atoms with Crippen molar-refractivity contribution in [1.82, 2.24) is 9.88 Å². The molecule has 1 atom stereocenters. The first-order chi connectivity index (χ1) is 8.71. The van der Waals surface area contributed by atoms with E-state index in [2.05, 4.69) is 28.2 Å². The third-order valence-corrected chi connectivity index (χ3v) is 3.47. The highest BCUT2D eigenvalue weighted by Crippen LogP contribution is 2.17. The molecule has 1 unspecified atom stereocenters. The van der Waals surface area contributed by atoms with E-state index in [1.807, 2.05) is 13.0 Å². The molecule has 1 fully saturated rings. The Kier molecular flexibility index (Phi) is 4.16. The van der Waals surface area contributed by atoms with Gasteiger partial charge in [0.05, 0.1) is 11.6 Å². The maximum absolute atomic E-state index is 8.92. The van der Waals surface area contributed by atoms with E-state index in [1.54, 1.807) is 6.07 Å². The van der Waals surface area contributed by atoms with Crippen molar-refractivity contribution >= 4 is 5.82 Å². The number of hydrogen-bond acceptors (Lipinski definition) is 4. The second kappa shape index (κ2) is 5.83. The van der Waals surface area contributed by atoms with E-state index < -0.39 is 0 Å². The van der Waals surface area contributed by atoms with Crippen molar-refractivity contribution in [1.29, 1.82) is 5.26 Å². The monoisotopic (exact) mass is 244 g/mol. The Morgan fingerprint density at radius 3 is 3.06 bits per heavy atom. The number of rotatable bonds is 4. The molecule has 0 aromatic carbocycles. The minimum Gasteiger partial charge on any atom is -0.370 e. The van der Waals surface area contributed by atoms with Crippen LogP contribution in [0.5, 0.6) is 0 Å². The Balaban J connectivity index is 1.91. The summed E-state index contributed by atoms with van der Waals surface area (Å²) in [5, 5.41) is 12.3. The number of likely N-dealkylation sites (tertiary alicyclic amines) is 1. The van der Waals surface area contributed by atoms with E-state index in [-0.39, 0.29) is 0 Å². The molecular weight excluding hydrogens is 224 g/mol. The fraction of sp³-hybridized carbons (Fsp3) is 0.571. The van der Waals surface area contributed by atoms with E-state index in [9.17, 15) is 0 Å². The molecule has 0 bridgehead atoms. The first-order valence-electron chi connectivity index (χ1n) is 6.56. The largest absolute Gasteiger partial charge is 0.370 e. The van der Waals surface area contributed by atoms with Gasteiger partial charge in [0.1, 0.15) is 5.82 Å². The smallest absolute Gasteiger partial charge is 0.127 e. The van der Waals surface area contributed by atoms with Crippen molar-refractivity contribution in [3.8, 4) is 6.07 Å². The third-order valence-electron chi connectivity index (χ3n) is 3.47. The van der Waals surface area contributed by atoms with Gasteiger partial charge in [-0.15, -0.1) is 0 Å². The molecule has 4 heteroatoms. The number of aromatic nitrogens is 1. The van der Waals surface area contributed by atoms with Crippen LogP contribution in [0.4, 0.5) is 5.82 Å². The van der Waals surface area contributed by atoms with E-state index >= 15 is 0 Å². The zero-order valence-corrected chi connectivity index (χ0v) is 11.1. The zero-order valence-electron chi connectivity index (χ0n) is 11.1. The molecule has 0 aliphatic carbocycles. The van der Waals surface area contributed by atoms with Gasteiger partial charge in [-0.1, -0.05) is 6.92 Å². The van der Waals surface area contributed by atoms with Crippen molar-refractivity contribution in [2.75, 3.05) is 31.5 Å². The van der Waals surface area contributed by atoms with Gasteiger partial charge < -0.3 is 10.2 Å². The summed E-state index contributed by atoms with van der Waals surface area (Å²) in [5.74, 6) is 1.51. The lowest BCUT2D eigenvalue weighted by molar-refractivity contribution is 0.345. The van der Waals surface area contributed by atoms with E-state index in [1.165, 1.54) is 19.5 Å². The van der Waals surface area contributed by atoms with Crippen LogP contribution in [0.2, 0.25) is 0 Å². The van der Waals surface area contributed by atoms with Crippen molar-refractivity contribution in [2.24, 2.45) is 5.92 Å². The summed E-state index contributed by atoms with van der Waals surface area (Å²) in [7, 11) is 0. The topological polar surface area (TPSA) is 52.0 Å². The van der Waals surface area contributed by atoms with Gasteiger partial charge in [-0.05, 0) is 44.5 Å². The molecule has 1 N–H and O–H groups in total. The maximum atomic E-state index is 8.92. The Bertz CT molecular complexity index is 450. The standard InChI is InChI=1S/C14H20N4/c1-3-18-5-4-12(10-18)9-16-14-7-13(8-15)6-11(2)17-14/h6-7,12H,3-5,9-10H2,1-2H3,(H,16,17). The SMILES string of the molecule is CCN1CCC(CNc2cc(C#N)cc(C)n2)C1. The fourth-order valence-electron chi connectivity index (χ4n) is 2.44. The molecule has 1 aromatic rings. The predicted octanol–water partition coefficient (Wildman–Crippen LogP) is 2.02. The summed E-state index contributed by atoms with van der Waals surface area (Å²) in [5.41, 5.74) is 1.56. The van der Waals surface area contributed by atoms with Crippen LogP contribution in [-0.4, -0.2) is 36.1 Å². The average molecular weight is 244 g/mol. The fourth-order valence-corrected chi connectivity index (χ4v) is 2.44. The van der Waals surface area contributed by atoms with Crippen LogP contribution in [0.25, 0.3) is 0 Å². The lowest BCUT2D eigenvalue weighted by Crippen LogP contribution is -2.22. The molecule has 1 aliphatic heterocycles. The van der Waals surface area contributed by atoms with Crippen molar-refractivity contribution in [3.05, 3.63) is 23.4 Å². The number of nitriles is 1. The number of anilines is 1. The number of hydrogen-bond donors (Lipinski definition) is 1. The summed E-state index contributed by atoms with van der Waals surface area (Å²) < 4.78 is 0. The van der Waals surface area contributed by atoms with Gasteiger partial charge in [0.15, 0.2) is 0 Å². The molecule has 1 aromatic heterocycles. The van der Waals surface area contributed by atoms with Crippen LogP contribution in [-0.2, 0) is 0 Å². The first-order valence-corrected chi connectivity index (χ1v) is 6.56. The van der Waals surface area contributed by atoms with Gasteiger partial charge in [0.25, 0.3) is 0 Å².